The fourth-order valence-corrected chi connectivity index (χ4v) is 1.47. The topological polar surface area (TPSA) is 112 Å². The highest BCUT2D eigenvalue weighted by molar-refractivity contribution is 5.30. The minimum absolute atomic E-state index is 0.00726. The zero-order valence-electron chi connectivity index (χ0n) is 9.25. The SMILES string of the molecule is CCn1ncnc1Cn1cc(N)c(=O)[nH]c1=O. The van der Waals surface area contributed by atoms with Gasteiger partial charge in [-0.2, -0.15) is 5.10 Å². The van der Waals surface area contributed by atoms with Gasteiger partial charge in [-0.15, -0.1) is 0 Å². The Morgan fingerprint density at radius 2 is 2.24 bits per heavy atom. The first kappa shape index (κ1) is 11.1. The van der Waals surface area contributed by atoms with Crippen molar-refractivity contribution in [2.75, 3.05) is 5.73 Å². The van der Waals surface area contributed by atoms with Crippen molar-refractivity contribution in [3.8, 4) is 0 Å². The van der Waals surface area contributed by atoms with Crippen molar-refractivity contribution >= 4 is 5.69 Å². The summed E-state index contributed by atoms with van der Waals surface area (Å²) in [6.45, 7) is 2.79. The van der Waals surface area contributed by atoms with Gasteiger partial charge >= 0.3 is 5.69 Å². The summed E-state index contributed by atoms with van der Waals surface area (Å²) in [5, 5.41) is 3.99. The van der Waals surface area contributed by atoms with Crippen molar-refractivity contribution in [2.24, 2.45) is 0 Å². The predicted molar refractivity (Wildman–Crippen MR) is 60.5 cm³/mol. The molecule has 2 rings (SSSR count). The molecule has 0 saturated heterocycles. The molecule has 2 aromatic heterocycles. The quantitative estimate of drug-likeness (QED) is 0.693. The molecule has 0 aliphatic rings. The molecule has 0 atom stereocenters. The van der Waals surface area contributed by atoms with Crippen molar-refractivity contribution in [3.05, 3.63) is 39.2 Å². The summed E-state index contributed by atoms with van der Waals surface area (Å²) in [6.07, 6.45) is 2.72. The lowest BCUT2D eigenvalue weighted by Crippen LogP contribution is -2.31. The molecule has 8 heteroatoms. The minimum atomic E-state index is -0.580. The molecule has 3 N–H and O–H groups in total. The van der Waals surface area contributed by atoms with Crippen LogP contribution in [0.4, 0.5) is 5.69 Å². The maximum atomic E-state index is 11.5. The Hall–Kier alpha value is -2.38. The van der Waals surface area contributed by atoms with E-state index >= 15 is 0 Å². The third-order valence-corrected chi connectivity index (χ3v) is 2.35. The molecule has 8 nitrogen and oxygen atoms in total. The molecule has 0 bridgehead atoms. The Balaban J connectivity index is 2.40. The van der Waals surface area contributed by atoms with Crippen LogP contribution in [0, 0.1) is 0 Å². The van der Waals surface area contributed by atoms with Gasteiger partial charge < -0.3 is 5.73 Å². The molecule has 0 spiro atoms. The minimum Gasteiger partial charge on any atom is -0.393 e. The van der Waals surface area contributed by atoms with E-state index < -0.39 is 11.2 Å². The van der Waals surface area contributed by atoms with Gasteiger partial charge in [0.15, 0.2) is 0 Å². The summed E-state index contributed by atoms with van der Waals surface area (Å²) in [7, 11) is 0. The Kier molecular flexibility index (Phi) is 2.77. The van der Waals surface area contributed by atoms with Crippen molar-refractivity contribution in [1.82, 2.24) is 24.3 Å². The van der Waals surface area contributed by atoms with E-state index in [0.717, 1.165) is 0 Å². The Morgan fingerprint density at radius 1 is 1.47 bits per heavy atom. The van der Waals surface area contributed by atoms with E-state index in [0.29, 0.717) is 12.4 Å². The van der Waals surface area contributed by atoms with Crippen LogP contribution in [0.2, 0.25) is 0 Å². The number of hydrogen-bond donors (Lipinski definition) is 2. The van der Waals surface area contributed by atoms with Gasteiger partial charge in [-0.05, 0) is 6.92 Å². The van der Waals surface area contributed by atoms with Gasteiger partial charge in [0.1, 0.15) is 17.8 Å². The maximum Gasteiger partial charge on any atom is 0.328 e. The summed E-state index contributed by atoms with van der Waals surface area (Å²) < 4.78 is 2.95. The Bertz CT molecular complexity index is 637. The molecular weight excluding hydrogens is 224 g/mol. The standard InChI is InChI=1S/C9H12N6O2/c1-2-15-7(11-5-12-15)4-14-3-6(10)8(16)13-9(14)17/h3,5H,2,4,10H2,1H3,(H,13,16,17). The number of hydrogen-bond acceptors (Lipinski definition) is 5. The average molecular weight is 236 g/mol. The van der Waals surface area contributed by atoms with E-state index in [-0.39, 0.29) is 12.2 Å². The Labute approximate surface area is 95.7 Å². The molecule has 0 radical (unpaired) electrons. The molecular formula is C9H12N6O2. The number of nitrogens with zero attached hydrogens (tertiary/aromatic N) is 4. The van der Waals surface area contributed by atoms with Crippen molar-refractivity contribution < 1.29 is 0 Å². The largest absolute Gasteiger partial charge is 0.393 e. The first-order chi connectivity index (χ1) is 8.11. The van der Waals surface area contributed by atoms with Crippen LogP contribution in [-0.4, -0.2) is 24.3 Å². The predicted octanol–water partition coefficient (Wildman–Crippen LogP) is -1.22. The number of anilines is 1. The number of nitrogens with one attached hydrogen (secondary N) is 1. The molecule has 90 valence electrons. The molecule has 2 aromatic rings. The molecule has 0 amide bonds. The number of nitrogen functional groups attached to an aromatic ring is 1. The van der Waals surface area contributed by atoms with E-state index in [1.807, 2.05) is 6.92 Å². The lowest BCUT2D eigenvalue weighted by molar-refractivity contribution is 0.580. The fraction of sp³-hybridized carbons (Fsp3) is 0.333. The lowest BCUT2D eigenvalue weighted by Gasteiger charge is -2.06. The smallest absolute Gasteiger partial charge is 0.328 e. The van der Waals surface area contributed by atoms with E-state index in [4.69, 9.17) is 5.73 Å². The van der Waals surface area contributed by atoms with Crippen LogP contribution in [0.5, 0.6) is 0 Å². The average Bonchev–Trinajstić information content (AvgIpc) is 2.73. The van der Waals surface area contributed by atoms with E-state index in [1.165, 1.54) is 17.1 Å². The lowest BCUT2D eigenvalue weighted by atomic mass is 10.5. The highest BCUT2D eigenvalue weighted by Crippen LogP contribution is 1.97. The van der Waals surface area contributed by atoms with Crippen LogP contribution in [0.3, 0.4) is 0 Å². The van der Waals surface area contributed by atoms with Gasteiger partial charge in [0.2, 0.25) is 0 Å². The third-order valence-electron chi connectivity index (χ3n) is 2.35. The second-order valence-corrected chi connectivity index (χ2v) is 3.46. The number of nitrogens with two attached hydrogens (primary N) is 1. The molecule has 0 saturated carbocycles. The van der Waals surface area contributed by atoms with Crippen LogP contribution in [0.1, 0.15) is 12.7 Å². The number of aromatic amines is 1. The number of rotatable bonds is 3. The number of aryl methyl sites for hydroxylation is 1. The normalized spacial score (nSPS) is 10.6. The summed E-state index contributed by atoms with van der Waals surface area (Å²) in [5.74, 6) is 0.626. The van der Waals surface area contributed by atoms with Crippen LogP contribution >= 0.6 is 0 Å². The van der Waals surface area contributed by atoms with Gasteiger partial charge in [-0.25, -0.2) is 14.5 Å². The summed E-state index contributed by atoms with van der Waals surface area (Å²) in [6, 6.07) is 0. The van der Waals surface area contributed by atoms with Crippen LogP contribution < -0.4 is 17.0 Å². The van der Waals surface area contributed by atoms with Gasteiger partial charge in [0.05, 0.1) is 6.54 Å². The molecule has 0 aliphatic heterocycles. The summed E-state index contributed by atoms with van der Waals surface area (Å²) in [4.78, 5) is 28.8. The van der Waals surface area contributed by atoms with E-state index in [1.54, 1.807) is 4.68 Å². The maximum absolute atomic E-state index is 11.5. The monoisotopic (exact) mass is 236 g/mol. The Morgan fingerprint density at radius 3 is 2.94 bits per heavy atom. The molecule has 0 aliphatic carbocycles. The van der Waals surface area contributed by atoms with E-state index in [2.05, 4.69) is 15.1 Å². The van der Waals surface area contributed by atoms with Crippen molar-refractivity contribution in [2.45, 2.75) is 20.0 Å². The van der Waals surface area contributed by atoms with Crippen molar-refractivity contribution in [1.29, 1.82) is 0 Å². The first-order valence-corrected chi connectivity index (χ1v) is 5.07. The summed E-state index contributed by atoms with van der Waals surface area (Å²) >= 11 is 0. The molecule has 0 fully saturated rings. The van der Waals surface area contributed by atoms with Crippen molar-refractivity contribution in [3.63, 3.8) is 0 Å². The number of H-pyrrole nitrogens is 1. The van der Waals surface area contributed by atoms with Crippen LogP contribution in [-0.2, 0) is 13.1 Å². The second kappa shape index (κ2) is 4.24. The molecule has 17 heavy (non-hydrogen) atoms. The fourth-order valence-electron chi connectivity index (χ4n) is 1.47. The van der Waals surface area contributed by atoms with Gasteiger partial charge in [0, 0.05) is 12.7 Å². The van der Waals surface area contributed by atoms with Gasteiger partial charge in [-0.1, -0.05) is 0 Å². The molecule has 0 unspecified atom stereocenters. The van der Waals surface area contributed by atoms with Crippen LogP contribution in [0.15, 0.2) is 22.1 Å². The first-order valence-electron chi connectivity index (χ1n) is 5.07. The zero-order chi connectivity index (χ0) is 12.4. The second-order valence-electron chi connectivity index (χ2n) is 3.46. The van der Waals surface area contributed by atoms with Gasteiger partial charge in [0.25, 0.3) is 5.56 Å². The van der Waals surface area contributed by atoms with E-state index in [9.17, 15) is 9.59 Å². The highest BCUT2D eigenvalue weighted by atomic mass is 16.2. The molecule has 2 heterocycles. The third kappa shape index (κ3) is 2.10. The summed E-state index contributed by atoms with van der Waals surface area (Å²) in [5.41, 5.74) is 4.34. The number of aromatic nitrogens is 5. The zero-order valence-corrected chi connectivity index (χ0v) is 9.25. The van der Waals surface area contributed by atoms with Crippen LogP contribution in [0.25, 0.3) is 0 Å². The highest BCUT2D eigenvalue weighted by Gasteiger charge is 2.06. The molecule has 0 aromatic carbocycles. The van der Waals surface area contributed by atoms with Gasteiger partial charge in [-0.3, -0.25) is 14.3 Å².